The standard InChI is InChI=1S/C17H27NO2/c1-3-18-17(13-20-12-11-19-2)16-9-7-15(8-10-16)14-5-4-6-14/h7-10,14,17-18H,3-6,11-13H2,1-2H3. The van der Waals surface area contributed by atoms with Crippen molar-refractivity contribution >= 4 is 0 Å². The van der Waals surface area contributed by atoms with Crippen molar-refractivity contribution < 1.29 is 9.47 Å². The van der Waals surface area contributed by atoms with Gasteiger partial charge in [-0.1, -0.05) is 37.6 Å². The van der Waals surface area contributed by atoms with Crippen LogP contribution in [0.1, 0.15) is 49.3 Å². The summed E-state index contributed by atoms with van der Waals surface area (Å²) >= 11 is 0. The molecule has 1 saturated carbocycles. The van der Waals surface area contributed by atoms with E-state index in [0.717, 1.165) is 12.5 Å². The molecule has 0 bridgehead atoms. The lowest BCUT2D eigenvalue weighted by Gasteiger charge is -2.26. The van der Waals surface area contributed by atoms with E-state index in [1.807, 2.05) is 0 Å². The van der Waals surface area contributed by atoms with Crippen molar-refractivity contribution in [2.24, 2.45) is 0 Å². The molecule has 20 heavy (non-hydrogen) atoms. The second kappa shape index (κ2) is 8.40. The fourth-order valence-corrected chi connectivity index (χ4v) is 2.60. The number of hydrogen-bond acceptors (Lipinski definition) is 3. The molecule has 0 aliphatic heterocycles. The number of nitrogens with one attached hydrogen (secondary N) is 1. The summed E-state index contributed by atoms with van der Waals surface area (Å²) in [7, 11) is 1.70. The molecule has 1 aromatic rings. The zero-order chi connectivity index (χ0) is 14.2. The van der Waals surface area contributed by atoms with Crippen molar-refractivity contribution in [1.82, 2.24) is 5.32 Å². The van der Waals surface area contributed by atoms with Gasteiger partial charge in [0.1, 0.15) is 0 Å². The van der Waals surface area contributed by atoms with Crippen LogP contribution in [0.25, 0.3) is 0 Å². The number of methoxy groups -OCH3 is 1. The Labute approximate surface area is 122 Å². The van der Waals surface area contributed by atoms with Crippen LogP contribution in [-0.2, 0) is 9.47 Å². The first-order valence-electron chi connectivity index (χ1n) is 7.75. The number of likely N-dealkylation sites (N-methyl/N-ethyl adjacent to an activating group) is 1. The van der Waals surface area contributed by atoms with Gasteiger partial charge in [-0.25, -0.2) is 0 Å². The molecule has 0 saturated heterocycles. The summed E-state index contributed by atoms with van der Waals surface area (Å²) in [6, 6.07) is 9.35. The van der Waals surface area contributed by atoms with Crippen LogP contribution in [-0.4, -0.2) is 33.5 Å². The minimum atomic E-state index is 0.271. The minimum absolute atomic E-state index is 0.271. The Morgan fingerprint density at radius 2 is 1.95 bits per heavy atom. The Morgan fingerprint density at radius 3 is 2.50 bits per heavy atom. The van der Waals surface area contributed by atoms with Crippen LogP contribution >= 0.6 is 0 Å². The number of ether oxygens (including phenoxy) is 2. The third kappa shape index (κ3) is 4.30. The van der Waals surface area contributed by atoms with Crippen LogP contribution in [0.15, 0.2) is 24.3 Å². The molecule has 112 valence electrons. The first kappa shape index (κ1) is 15.5. The maximum Gasteiger partial charge on any atom is 0.0701 e. The third-order valence-electron chi connectivity index (χ3n) is 4.08. The topological polar surface area (TPSA) is 30.5 Å². The number of rotatable bonds is 9. The summed E-state index contributed by atoms with van der Waals surface area (Å²) in [5.41, 5.74) is 2.81. The summed E-state index contributed by atoms with van der Waals surface area (Å²) in [6.07, 6.45) is 4.10. The van der Waals surface area contributed by atoms with Gasteiger partial charge < -0.3 is 14.8 Å². The second-order valence-corrected chi connectivity index (χ2v) is 5.47. The van der Waals surface area contributed by atoms with Gasteiger partial charge in [0.2, 0.25) is 0 Å². The van der Waals surface area contributed by atoms with Gasteiger partial charge >= 0.3 is 0 Å². The van der Waals surface area contributed by atoms with Crippen molar-refractivity contribution in [3.8, 4) is 0 Å². The summed E-state index contributed by atoms with van der Waals surface area (Å²) in [6.45, 7) is 5.07. The summed E-state index contributed by atoms with van der Waals surface area (Å²) in [5.74, 6) is 0.805. The molecule has 1 aliphatic carbocycles. The van der Waals surface area contributed by atoms with E-state index < -0.39 is 0 Å². The Morgan fingerprint density at radius 1 is 1.20 bits per heavy atom. The van der Waals surface area contributed by atoms with Gasteiger partial charge in [-0.05, 0) is 36.4 Å². The highest BCUT2D eigenvalue weighted by molar-refractivity contribution is 5.28. The van der Waals surface area contributed by atoms with E-state index in [4.69, 9.17) is 9.47 Å². The van der Waals surface area contributed by atoms with E-state index in [9.17, 15) is 0 Å². The van der Waals surface area contributed by atoms with Crippen molar-refractivity contribution in [3.05, 3.63) is 35.4 Å². The Balaban J connectivity index is 1.89. The van der Waals surface area contributed by atoms with Gasteiger partial charge in [-0.3, -0.25) is 0 Å². The predicted molar refractivity (Wildman–Crippen MR) is 82.1 cm³/mol. The van der Waals surface area contributed by atoms with Crippen LogP contribution < -0.4 is 5.32 Å². The third-order valence-corrected chi connectivity index (χ3v) is 4.08. The van der Waals surface area contributed by atoms with Gasteiger partial charge in [0.15, 0.2) is 0 Å². The highest BCUT2D eigenvalue weighted by Crippen LogP contribution is 2.36. The monoisotopic (exact) mass is 277 g/mol. The largest absolute Gasteiger partial charge is 0.382 e. The molecular weight excluding hydrogens is 250 g/mol. The summed E-state index contributed by atoms with van der Waals surface area (Å²) in [5, 5.41) is 3.49. The first-order valence-corrected chi connectivity index (χ1v) is 7.75. The quantitative estimate of drug-likeness (QED) is 0.703. The molecule has 1 atom stereocenters. The van der Waals surface area contributed by atoms with Crippen LogP contribution in [0.4, 0.5) is 0 Å². The maximum absolute atomic E-state index is 5.67. The van der Waals surface area contributed by atoms with E-state index in [1.54, 1.807) is 7.11 Å². The molecule has 1 aromatic carbocycles. The van der Waals surface area contributed by atoms with Crippen molar-refractivity contribution in [2.75, 3.05) is 33.5 Å². The Kier molecular flexibility index (Phi) is 6.51. The van der Waals surface area contributed by atoms with Crippen LogP contribution in [0.3, 0.4) is 0 Å². The van der Waals surface area contributed by atoms with E-state index in [0.29, 0.717) is 19.8 Å². The molecule has 0 heterocycles. The molecule has 0 radical (unpaired) electrons. The fourth-order valence-electron chi connectivity index (χ4n) is 2.60. The lowest BCUT2D eigenvalue weighted by molar-refractivity contribution is 0.0588. The molecular formula is C17H27NO2. The highest BCUT2D eigenvalue weighted by atomic mass is 16.5. The highest BCUT2D eigenvalue weighted by Gasteiger charge is 2.19. The molecule has 3 nitrogen and oxygen atoms in total. The SMILES string of the molecule is CCNC(COCCOC)c1ccc(C2CCC2)cc1. The van der Waals surface area contributed by atoms with Gasteiger partial charge in [-0.2, -0.15) is 0 Å². The number of benzene rings is 1. The van der Waals surface area contributed by atoms with Crippen molar-refractivity contribution in [1.29, 1.82) is 0 Å². The van der Waals surface area contributed by atoms with E-state index in [2.05, 4.69) is 36.5 Å². The zero-order valence-corrected chi connectivity index (χ0v) is 12.7. The molecule has 2 rings (SSSR count). The molecule has 1 unspecified atom stereocenters. The normalized spacial score (nSPS) is 16.9. The molecule has 0 aromatic heterocycles. The molecule has 1 fully saturated rings. The first-order chi connectivity index (χ1) is 9.85. The number of hydrogen-bond donors (Lipinski definition) is 1. The summed E-state index contributed by atoms with van der Waals surface area (Å²) in [4.78, 5) is 0. The minimum Gasteiger partial charge on any atom is -0.382 e. The van der Waals surface area contributed by atoms with Crippen molar-refractivity contribution in [3.63, 3.8) is 0 Å². The van der Waals surface area contributed by atoms with Crippen LogP contribution in [0.2, 0.25) is 0 Å². The van der Waals surface area contributed by atoms with E-state index in [1.165, 1.54) is 30.4 Å². The zero-order valence-electron chi connectivity index (χ0n) is 12.7. The van der Waals surface area contributed by atoms with E-state index in [-0.39, 0.29) is 6.04 Å². The average molecular weight is 277 g/mol. The fraction of sp³-hybridized carbons (Fsp3) is 0.647. The lowest BCUT2D eigenvalue weighted by Crippen LogP contribution is -2.26. The van der Waals surface area contributed by atoms with Crippen LogP contribution in [0.5, 0.6) is 0 Å². The molecule has 0 spiro atoms. The smallest absolute Gasteiger partial charge is 0.0701 e. The Hall–Kier alpha value is -0.900. The lowest BCUT2D eigenvalue weighted by atomic mass is 9.80. The van der Waals surface area contributed by atoms with Gasteiger partial charge in [0.25, 0.3) is 0 Å². The molecule has 0 amide bonds. The average Bonchev–Trinajstić information content (AvgIpc) is 2.41. The maximum atomic E-state index is 5.67. The summed E-state index contributed by atoms with van der Waals surface area (Å²) < 4.78 is 10.7. The van der Waals surface area contributed by atoms with Crippen LogP contribution in [0, 0.1) is 0 Å². The molecule has 3 heteroatoms. The predicted octanol–water partition coefficient (Wildman–Crippen LogP) is 3.27. The Bertz CT molecular complexity index is 373. The molecule has 1 aliphatic rings. The van der Waals surface area contributed by atoms with Gasteiger partial charge in [0.05, 0.1) is 25.9 Å². The molecule has 1 N–H and O–H groups in total. The van der Waals surface area contributed by atoms with Crippen molar-refractivity contribution in [2.45, 2.75) is 38.1 Å². The van der Waals surface area contributed by atoms with Gasteiger partial charge in [-0.15, -0.1) is 0 Å². The van der Waals surface area contributed by atoms with E-state index >= 15 is 0 Å². The van der Waals surface area contributed by atoms with Gasteiger partial charge in [0, 0.05) is 7.11 Å². The second-order valence-electron chi connectivity index (χ2n) is 5.47.